The Morgan fingerprint density at radius 1 is 1.13 bits per heavy atom. The van der Waals surface area contributed by atoms with Crippen LogP contribution in [0.2, 0.25) is 0 Å². The quantitative estimate of drug-likeness (QED) is 0.778. The van der Waals surface area contributed by atoms with Gasteiger partial charge in [0.25, 0.3) is 5.56 Å². The fourth-order valence-corrected chi connectivity index (χ4v) is 2.57. The molecule has 0 radical (unpaired) electrons. The Balaban J connectivity index is 1.99. The van der Waals surface area contributed by atoms with Gasteiger partial charge in [0, 0.05) is 17.7 Å². The van der Waals surface area contributed by atoms with Crippen molar-refractivity contribution in [2.45, 2.75) is 13.3 Å². The van der Waals surface area contributed by atoms with E-state index in [1.54, 1.807) is 12.1 Å². The van der Waals surface area contributed by atoms with Gasteiger partial charge in [-0.15, -0.1) is 0 Å². The van der Waals surface area contributed by atoms with E-state index in [4.69, 9.17) is 5.11 Å². The summed E-state index contributed by atoms with van der Waals surface area (Å²) in [6, 6.07) is 16.0. The molecule has 0 aliphatic rings. The second-order valence-corrected chi connectivity index (χ2v) is 5.37. The van der Waals surface area contributed by atoms with Crippen LogP contribution >= 0.6 is 0 Å². The summed E-state index contributed by atoms with van der Waals surface area (Å²) in [5.74, 6) is -0.973. The molecule has 3 rings (SSSR count). The van der Waals surface area contributed by atoms with Gasteiger partial charge in [0.1, 0.15) is 0 Å². The Morgan fingerprint density at radius 2 is 1.87 bits per heavy atom. The van der Waals surface area contributed by atoms with Crippen LogP contribution in [0, 0.1) is 6.92 Å². The molecular weight excluding hydrogens is 292 g/mol. The van der Waals surface area contributed by atoms with Gasteiger partial charge in [0.05, 0.1) is 11.3 Å². The monoisotopic (exact) mass is 308 g/mol. The highest BCUT2D eigenvalue weighted by Gasteiger charge is 2.13. The van der Waals surface area contributed by atoms with Crippen LogP contribution in [0.25, 0.3) is 5.69 Å². The second-order valence-electron chi connectivity index (χ2n) is 5.37. The van der Waals surface area contributed by atoms with Crippen molar-refractivity contribution in [3.63, 3.8) is 0 Å². The molecule has 0 saturated heterocycles. The lowest BCUT2D eigenvalue weighted by Gasteiger charge is -2.01. The molecule has 116 valence electrons. The number of carboxylic acids is 1. The molecule has 2 N–H and O–H groups in total. The first-order valence-electron chi connectivity index (χ1n) is 7.24. The zero-order chi connectivity index (χ0) is 16.4. The van der Waals surface area contributed by atoms with Crippen molar-refractivity contribution in [2.24, 2.45) is 0 Å². The van der Waals surface area contributed by atoms with E-state index in [1.807, 2.05) is 43.3 Å². The van der Waals surface area contributed by atoms with E-state index >= 15 is 0 Å². The van der Waals surface area contributed by atoms with Crippen LogP contribution in [-0.4, -0.2) is 20.9 Å². The first kappa shape index (κ1) is 14.8. The molecule has 0 aliphatic carbocycles. The maximum atomic E-state index is 12.6. The first-order chi connectivity index (χ1) is 11.1. The second kappa shape index (κ2) is 5.96. The average Bonchev–Trinajstić information content (AvgIpc) is 2.84. The molecule has 1 aromatic heterocycles. The lowest BCUT2D eigenvalue weighted by atomic mass is 10.0. The molecule has 0 aliphatic heterocycles. The van der Waals surface area contributed by atoms with Crippen LogP contribution in [0.3, 0.4) is 0 Å². The summed E-state index contributed by atoms with van der Waals surface area (Å²) < 4.78 is 1.51. The van der Waals surface area contributed by atoms with Gasteiger partial charge in [-0.25, -0.2) is 9.48 Å². The molecular formula is C18H16N2O3. The lowest BCUT2D eigenvalue weighted by Crippen LogP contribution is -2.17. The van der Waals surface area contributed by atoms with Crippen LogP contribution in [-0.2, 0) is 6.42 Å². The molecule has 5 heteroatoms. The molecule has 0 unspecified atom stereocenters. The molecule has 0 bridgehead atoms. The smallest absolute Gasteiger partial charge is 0.335 e. The Hall–Kier alpha value is -3.08. The summed E-state index contributed by atoms with van der Waals surface area (Å²) in [5, 5.41) is 12.1. The van der Waals surface area contributed by atoms with Crippen molar-refractivity contribution >= 4 is 5.97 Å². The number of H-pyrrole nitrogens is 1. The summed E-state index contributed by atoms with van der Waals surface area (Å²) in [6.07, 6.45) is 0.391. The van der Waals surface area contributed by atoms with Crippen molar-refractivity contribution < 1.29 is 9.90 Å². The minimum atomic E-state index is -0.973. The predicted molar refractivity (Wildman–Crippen MR) is 87.3 cm³/mol. The number of para-hydroxylation sites is 1. The topological polar surface area (TPSA) is 75.1 Å². The number of nitrogens with one attached hydrogen (secondary N) is 1. The van der Waals surface area contributed by atoms with E-state index in [0.717, 1.165) is 16.9 Å². The fraction of sp³-hybridized carbons (Fsp3) is 0.111. The predicted octanol–water partition coefficient (Wildman–Crippen LogP) is 2.76. The zero-order valence-electron chi connectivity index (χ0n) is 12.6. The number of benzene rings is 2. The van der Waals surface area contributed by atoms with Crippen LogP contribution in [0.4, 0.5) is 0 Å². The van der Waals surface area contributed by atoms with Gasteiger partial charge >= 0.3 is 5.97 Å². The molecule has 0 amide bonds. The molecule has 5 nitrogen and oxygen atoms in total. The fourth-order valence-electron chi connectivity index (χ4n) is 2.57. The van der Waals surface area contributed by atoms with E-state index in [9.17, 15) is 9.59 Å². The highest BCUT2D eigenvalue weighted by atomic mass is 16.4. The number of carbonyl (C=O) groups is 1. The van der Waals surface area contributed by atoms with E-state index < -0.39 is 5.97 Å². The van der Waals surface area contributed by atoms with Crippen molar-refractivity contribution in [3.05, 3.63) is 87.3 Å². The van der Waals surface area contributed by atoms with Crippen molar-refractivity contribution in [1.29, 1.82) is 0 Å². The highest BCUT2D eigenvalue weighted by Crippen LogP contribution is 2.13. The third-order valence-electron chi connectivity index (χ3n) is 3.76. The zero-order valence-corrected chi connectivity index (χ0v) is 12.6. The molecule has 0 saturated carbocycles. The molecule has 0 atom stereocenters. The summed E-state index contributed by atoms with van der Waals surface area (Å²) in [7, 11) is 0. The number of rotatable bonds is 4. The van der Waals surface area contributed by atoms with Gasteiger partial charge in [0.15, 0.2) is 0 Å². The van der Waals surface area contributed by atoms with Crippen LogP contribution in [0.15, 0.2) is 59.4 Å². The number of nitrogens with zero attached hydrogens (tertiary/aromatic N) is 1. The largest absolute Gasteiger partial charge is 0.478 e. The number of carboxylic acid groups (broad SMARTS) is 1. The number of hydrogen-bond acceptors (Lipinski definition) is 2. The van der Waals surface area contributed by atoms with Crippen molar-refractivity contribution in [3.8, 4) is 5.69 Å². The Kier molecular flexibility index (Phi) is 3.85. The van der Waals surface area contributed by atoms with E-state index in [0.29, 0.717) is 12.0 Å². The number of aryl methyl sites for hydroxylation is 1. The van der Waals surface area contributed by atoms with Gasteiger partial charge in [0.2, 0.25) is 0 Å². The van der Waals surface area contributed by atoms with Crippen LogP contribution in [0.1, 0.15) is 27.2 Å². The molecule has 2 aromatic carbocycles. The third kappa shape index (κ3) is 2.94. The van der Waals surface area contributed by atoms with Gasteiger partial charge in [-0.3, -0.25) is 9.89 Å². The number of aromatic amines is 1. The summed E-state index contributed by atoms with van der Waals surface area (Å²) in [4.78, 5) is 23.7. The lowest BCUT2D eigenvalue weighted by molar-refractivity contribution is 0.0697. The summed E-state index contributed by atoms with van der Waals surface area (Å²) in [5.41, 5.74) is 3.08. The summed E-state index contributed by atoms with van der Waals surface area (Å²) >= 11 is 0. The number of aromatic nitrogens is 2. The Morgan fingerprint density at radius 3 is 2.57 bits per heavy atom. The normalized spacial score (nSPS) is 10.7. The van der Waals surface area contributed by atoms with E-state index in [1.165, 1.54) is 10.7 Å². The molecule has 0 fully saturated rings. The maximum Gasteiger partial charge on any atom is 0.335 e. The van der Waals surface area contributed by atoms with Gasteiger partial charge in [-0.1, -0.05) is 30.3 Å². The van der Waals surface area contributed by atoms with Gasteiger partial charge in [-0.05, 0) is 36.8 Å². The summed E-state index contributed by atoms with van der Waals surface area (Å²) in [6.45, 7) is 1.84. The molecule has 23 heavy (non-hydrogen) atoms. The van der Waals surface area contributed by atoms with Gasteiger partial charge < -0.3 is 5.11 Å². The SMILES string of the molecule is Cc1[nH]n(-c2ccccc2)c(=O)c1Cc1cccc(C(=O)O)c1. The first-order valence-corrected chi connectivity index (χ1v) is 7.24. The molecule has 0 spiro atoms. The van der Waals surface area contributed by atoms with Crippen LogP contribution in [0.5, 0.6) is 0 Å². The minimum absolute atomic E-state index is 0.116. The highest BCUT2D eigenvalue weighted by molar-refractivity contribution is 5.87. The maximum absolute atomic E-state index is 12.6. The Bertz CT molecular complexity index is 908. The number of aromatic carboxylic acids is 1. The van der Waals surface area contributed by atoms with Crippen LogP contribution < -0.4 is 5.56 Å². The third-order valence-corrected chi connectivity index (χ3v) is 3.76. The standard InChI is InChI=1S/C18H16N2O3/c1-12-16(11-13-6-5-7-14(10-13)18(22)23)17(21)20(19-12)15-8-3-2-4-9-15/h2-10,19H,11H2,1H3,(H,22,23). The average molecular weight is 308 g/mol. The van der Waals surface area contributed by atoms with Gasteiger partial charge in [-0.2, -0.15) is 0 Å². The molecule has 3 aromatic rings. The van der Waals surface area contributed by atoms with E-state index in [2.05, 4.69) is 5.10 Å². The Labute approximate surface area is 132 Å². The molecule has 1 heterocycles. The van der Waals surface area contributed by atoms with E-state index in [-0.39, 0.29) is 11.1 Å². The van der Waals surface area contributed by atoms with Crippen molar-refractivity contribution in [1.82, 2.24) is 9.78 Å². The number of hydrogen-bond donors (Lipinski definition) is 2. The van der Waals surface area contributed by atoms with Crippen molar-refractivity contribution in [2.75, 3.05) is 0 Å². The minimum Gasteiger partial charge on any atom is -0.478 e.